The second-order valence-corrected chi connectivity index (χ2v) is 5.04. The van der Waals surface area contributed by atoms with Crippen LogP contribution in [0.3, 0.4) is 0 Å². The molecule has 0 saturated carbocycles. The molecule has 0 heterocycles. The zero-order chi connectivity index (χ0) is 14.8. The molecule has 0 fully saturated rings. The van der Waals surface area contributed by atoms with Crippen LogP contribution in [0.15, 0.2) is 18.2 Å². The van der Waals surface area contributed by atoms with E-state index in [4.69, 9.17) is 33.3 Å². The van der Waals surface area contributed by atoms with Crippen molar-refractivity contribution >= 4 is 34.6 Å². The maximum Gasteiger partial charge on any atom is 0.170 e. The van der Waals surface area contributed by atoms with Crippen LogP contribution in [-0.4, -0.2) is 32.0 Å². The Kier molecular flexibility index (Phi) is 8.34. The molecule has 20 heavy (non-hydrogen) atoms. The quantitative estimate of drug-likeness (QED) is 0.568. The molecule has 2 N–H and O–H groups in total. The van der Waals surface area contributed by atoms with Crippen molar-refractivity contribution in [3.63, 3.8) is 0 Å². The van der Waals surface area contributed by atoms with Gasteiger partial charge in [-0.15, -0.1) is 0 Å². The molecule has 112 valence electrons. The summed E-state index contributed by atoms with van der Waals surface area (Å²) in [7, 11) is 1.61. The number of hydrogen-bond acceptors (Lipinski definition) is 3. The lowest BCUT2D eigenvalue weighted by molar-refractivity contribution is 0.133. The van der Waals surface area contributed by atoms with Gasteiger partial charge in [0.2, 0.25) is 0 Å². The van der Waals surface area contributed by atoms with Gasteiger partial charge in [0.05, 0.1) is 12.8 Å². The van der Waals surface area contributed by atoms with Crippen molar-refractivity contribution in [2.24, 2.45) is 0 Å². The average molecular weight is 317 g/mol. The molecule has 1 aromatic rings. The first kappa shape index (κ1) is 17.0. The Labute approximate surface area is 130 Å². The van der Waals surface area contributed by atoms with E-state index in [2.05, 4.69) is 17.6 Å². The fourth-order valence-electron chi connectivity index (χ4n) is 1.57. The van der Waals surface area contributed by atoms with Crippen molar-refractivity contribution in [3.8, 4) is 5.75 Å². The van der Waals surface area contributed by atoms with Gasteiger partial charge < -0.3 is 20.1 Å². The van der Waals surface area contributed by atoms with E-state index in [-0.39, 0.29) is 0 Å². The summed E-state index contributed by atoms with van der Waals surface area (Å²) in [5.41, 5.74) is 0.750. The molecule has 0 aromatic heterocycles. The molecule has 6 heteroatoms. The number of halogens is 1. The number of rotatable bonds is 8. The van der Waals surface area contributed by atoms with Crippen molar-refractivity contribution in [2.75, 3.05) is 32.2 Å². The third-order valence-corrected chi connectivity index (χ3v) is 2.99. The molecule has 0 radical (unpaired) electrons. The van der Waals surface area contributed by atoms with Crippen molar-refractivity contribution in [1.82, 2.24) is 5.32 Å². The van der Waals surface area contributed by atoms with E-state index in [1.54, 1.807) is 25.3 Å². The van der Waals surface area contributed by atoms with Gasteiger partial charge in [-0.1, -0.05) is 18.5 Å². The third kappa shape index (κ3) is 6.41. The summed E-state index contributed by atoms with van der Waals surface area (Å²) in [5, 5.41) is 7.37. The Morgan fingerprint density at radius 1 is 1.35 bits per heavy atom. The van der Waals surface area contributed by atoms with Crippen LogP contribution in [0.2, 0.25) is 5.02 Å². The van der Waals surface area contributed by atoms with Crippen LogP contribution >= 0.6 is 23.8 Å². The van der Waals surface area contributed by atoms with Crippen LogP contribution < -0.4 is 15.4 Å². The van der Waals surface area contributed by atoms with Crippen LogP contribution in [0.5, 0.6) is 5.75 Å². The fourth-order valence-corrected chi connectivity index (χ4v) is 1.95. The molecule has 0 atom stereocenters. The van der Waals surface area contributed by atoms with Gasteiger partial charge in [0, 0.05) is 24.8 Å². The first-order valence-corrected chi connectivity index (χ1v) is 7.42. The minimum Gasteiger partial charge on any atom is -0.495 e. The Hall–Kier alpha value is -1.04. The molecule has 4 nitrogen and oxygen atoms in total. The average Bonchev–Trinajstić information content (AvgIpc) is 2.43. The van der Waals surface area contributed by atoms with Crippen molar-refractivity contribution in [1.29, 1.82) is 0 Å². The van der Waals surface area contributed by atoms with E-state index < -0.39 is 0 Å². The number of benzene rings is 1. The van der Waals surface area contributed by atoms with Crippen LogP contribution in [0.25, 0.3) is 0 Å². The van der Waals surface area contributed by atoms with Crippen LogP contribution in [0.1, 0.15) is 19.8 Å². The van der Waals surface area contributed by atoms with Gasteiger partial charge in [-0.3, -0.25) is 0 Å². The summed E-state index contributed by atoms with van der Waals surface area (Å²) in [4.78, 5) is 0. The first-order valence-electron chi connectivity index (χ1n) is 6.63. The van der Waals surface area contributed by atoms with Gasteiger partial charge in [-0.2, -0.15) is 0 Å². The molecule has 1 rings (SSSR count). The molecule has 0 aliphatic carbocycles. The van der Waals surface area contributed by atoms with Gasteiger partial charge in [-0.25, -0.2) is 0 Å². The molecule has 0 bridgehead atoms. The van der Waals surface area contributed by atoms with Crippen molar-refractivity contribution in [3.05, 3.63) is 23.2 Å². The second kappa shape index (κ2) is 9.80. The summed E-state index contributed by atoms with van der Waals surface area (Å²) >= 11 is 11.2. The molecule has 0 saturated heterocycles. The first-order chi connectivity index (χ1) is 9.67. The van der Waals surface area contributed by atoms with Gasteiger partial charge in [0.25, 0.3) is 0 Å². The van der Waals surface area contributed by atoms with Crippen molar-refractivity contribution < 1.29 is 9.47 Å². The smallest absolute Gasteiger partial charge is 0.170 e. The molecular formula is C14H21ClN2O2S. The minimum absolute atomic E-state index is 0.543. The molecule has 0 unspecified atom stereocenters. The Bertz CT molecular complexity index is 430. The van der Waals surface area contributed by atoms with Crippen LogP contribution in [0, 0.1) is 0 Å². The fraction of sp³-hybridized carbons (Fsp3) is 0.500. The highest BCUT2D eigenvalue weighted by atomic mass is 35.5. The number of ether oxygens (including phenoxy) is 2. The van der Waals surface area contributed by atoms with Gasteiger partial charge in [-0.05, 0) is 43.3 Å². The van der Waals surface area contributed by atoms with E-state index in [1.165, 1.54) is 0 Å². The maximum absolute atomic E-state index is 5.96. The van der Waals surface area contributed by atoms with E-state index >= 15 is 0 Å². The topological polar surface area (TPSA) is 42.5 Å². The Morgan fingerprint density at radius 2 is 2.15 bits per heavy atom. The Balaban J connectivity index is 2.33. The minimum atomic E-state index is 0.543. The maximum atomic E-state index is 5.96. The predicted octanol–water partition coefficient (Wildman–Crippen LogP) is 3.45. The van der Waals surface area contributed by atoms with E-state index in [9.17, 15) is 0 Å². The molecule has 0 amide bonds. The van der Waals surface area contributed by atoms with Crippen molar-refractivity contribution in [2.45, 2.75) is 19.8 Å². The lowest BCUT2D eigenvalue weighted by Crippen LogP contribution is -2.30. The standard InChI is InChI=1S/C14H21ClN2O2S/c1-3-8-19-9-4-7-16-14(20)17-12-10-11(15)5-6-13(12)18-2/h5-6,10H,3-4,7-9H2,1-2H3,(H2,16,17,20). The Morgan fingerprint density at radius 3 is 2.85 bits per heavy atom. The lowest BCUT2D eigenvalue weighted by Gasteiger charge is -2.13. The van der Waals surface area contributed by atoms with E-state index in [0.717, 1.165) is 38.3 Å². The summed E-state index contributed by atoms with van der Waals surface area (Å²) in [6.07, 6.45) is 1.95. The number of anilines is 1. The highest BCUT2D eigenvalue weighted by Crippen LogP contribution is 2.27. The summed E-state index contributed by atoms with van der Waals surface area (Å²) < 4.78 is 10.6. The zero-order valence-corrected chi connectivity index (χ0v) is 13.4. The molecule has 1 aromatic carbocycles. The largest absolute Gasteiger partial charge is 0.495 e. The normalized spacial score (nSPS) is 10.2. The highest BCUT2D eigenvalue weighted by Gasteiger charge is 2.05. The van der Waals surface area contributed by atoms with Gasteiger partial charge >= 0.3 is 0 Å². The second-order valence-electron chi connectivity index (χ2n) is 4.19. The molecule has 0 spiro atoms. The third-order valence-electron chi connectivity index (χ3n) is 2.51. The SMILES string of the molecule is CCCOCCCNC(=S)Nc1cc(Cl)ccc1OC. The van der Waals surface area contributed by atoms with Crippen LogP contribution in [-0.2, 0) is 4.74 Å². The zero-order valence-electron chi connectivity index (χ0n) is 11.9. The molecular weight excluding hydrogens is 296 g/mol. The molecule has 0 aliphatic heterocycles. The van der Waals surface area contributed by atoms with Crippen LogP contribution in [0.4, 0.5) is 5.69 Å². The van der Waals surface area contributed by atoms with E-state index in [0.29, 0.717) is 15.9 Å². The number of nitrogens with one attached hydrogen (secondary N) is 2. The monoisotopic (exact) mass is 316 g/mol. The predicted molar refractivity (Wildman–Crippen MR) is 88.0 cm³/mol. The number of methoxy groups -OCH3 is 1. The van der Waals surface area contributed by atoms with E-state index in [1.807, 2.05) is 0 Å². The highest BCUT2D eigenvalue weighted by molar-refractivity contribution is 7.80. The molecule has 0 aliphatic rings. The summed E-state index contributed by atoms with van der Waals surface area (Å²) in [5.74, 6) is 0.699. The summed E-state index contributed by atoms with van der Waals surface area (Å²) in [6.45, 7) is 4.40. The number of thiocarbonyl (C=S) groups is 1. The number of hydrogen-bond donors (Lipinski definition) is 2. The van der Waals surface area contributed by atoms with Gasteiger partial charge in [0.1, 0.15) is 5.75 Å². The lowest BCUT2D eigenvalue weighted by atomic mass is 10.3. The van der Waals surface area contributed by atoms with Gasteiger partial charge in [0.15, 0.2) is 5.11 Å². The summed E-state index contributed by atoms with van der Waals surface area (Å²) in [6, 6.07) is 5.34.